The number of rotatable bonds is 18. The summed E-state index contributed by atoms with van der Waals surface area (Å²) >= 11 is 0. The molecule has 0 saturated heterocycles. The molecule has 3 rings (SSSR count). The Morgan fingerprint density at radius 1 is 0.389 bits per heavy atom. The molecule has 0 N–H and O–H groups in total. The van der Waals surface area contributed by atoms with Crippen molar-refractivity contribution in [2.75, 3.05) is 6.16 Å². The van der Waals surface area contributed by atoms with E-state index in [1.54, 1.807) is 0 Å². The zero-order chi connectivity index (χ0) is 24.4. The minimum absolute atomic E-state index is 0. The molecule has 0 aliphatic carbocycles. The van der Waals surface area contributed by atoms with Crippen molar-refractivity contribution >= 4 is 23.2 Å². The van der Waals surface area contributed by atoms with Crippen molar-refractivity contribution in [3.63, 3.8) is 0 Å². The second-order valence-electron chi connectivity index (χ2n) is 10.1. The van der Waals surface area contributed by atoms with E-state index in [1.165, 1.54) is 112 Å². The van der Waals surface area contributed by atoms with Gasteiger partial charge in [-0.2, -0.15) is 0 Å². The Morgan fingerprint density at radius 2 is 0.667 bits per heavy atom. The van der Waals surface area contributed by atoms with Gasteiger partial charge in [-0.15, -0.1) is 0 Å². The molecule has 3 aromatic rings. The fraction of sp³-hybridized carbons (Fsp3) is 0.471. The van der Waals surface area contributed by atoms with Crippen molar-refractivity contribution in [2.45, 2.75) is 96.8 Å². The molecule has 0 spiro atoms. The monoisotopic (exact) mass is 614 g/mol. The molecule has 0 heterocycles. The van der Waals surface area contributed by atoms with Crippen molar-refractivity contribution in [1.82, 2.24) is 0 Å². The van der Waals surface area contributed by atoms with Gasteiger partial charge in [-0.05, 0) is 49.2 Å². The van der Waals surface area contributed by atoms with Crippen LogP contribution in [0, 0.1) is 0 Å². The van der Waals surface area contributed by atoms with Crippen LogP contribution in [0.25, 0.3) is 0 Å². The minimum atomic E-state index is -1.64. The Kier molecular flexibility index (Phi) is 16.4. The first-order valence-corrected chi connectivity index (χ1v) is 16.4. The Balaban J connectivity index is 0.00000456. The second-order valence-corrected chi connectivity index (χ2v) is 13.8. The fourth-order valence-corrected chi connectivity index (χ4v) is 9.84. The van der Waals surface area contributed by atoms with Crippen LogP contribution in [0.1, 0.15) is 96.8 Å². The molecule has 3 aromatic carbocycles. The topological polar surface area (TPSA) is 0 Å². The average Bonchev–Trinajstić information content (AvgIpc) is 2.93. The van der Waals surface area contributed by atoms with Gasteiger partial charge in [-0.1, -0.05) is 139 Å². The van der Waals surface area contributed by atoms with E-state index in [-0.39, 0.29) is 24.0 Å². The SMILES string of the molecule is CCCCCCCCCCCCCCCC[P+](c1ccccc1)(c1ccccc1)c1ccccc1.[I-]. The lowest BCUT2D eigenvalue weighted by Crippen LogP contribution is -3.00. The molecule has 0 bridgehead atoms. The maximum Gasteiger partial charge on any atom is 0.112 e. The Labute approximate surface area is 240 Å². The first-order chi connectivity index (χ1) is 17.4. The molecular weight excluding hydrogens is 566 g/mol. The Bertz CT molecular complexity index is 798. The zero-order valence-corrected chi connectivity index (χ0v) is 25.6. The smallest absolute Gasteiger partial charge is 0.112 e. The van der Waals surface area contributed by atoms with Crippen LogP contribution in [0.5, 0.6) is 0 Å². The van der Waals surface area contributed by atoms with Crippen LogP contribution >= 0.6 is 7.26 Å². The highest BCUT2D eigenvalue weighted by Gasteiger charge is 2.44. The molecule has 2 heteroatoms. The summed E-state index contributed by atoms with van der Waals surface area (Å²) in [6.45, 7) is 2.30. The molecule has 196 valence electrons. The largest absolute Gasteiger partial charge is 1.00 e. The summed E-state index contributed by atoms with van der Waals surface area (Å²) in [5.74, 6) is 0. The summed E-state index contributed by atoms with van der Waals surface area (Å²) in [7, 11) is -1.64. The highest BCUT2D eigenvalue weighted by atomic mass is 127. The van der Waals surface area contributed by atoms with Gasteiger partial charge in [-0.3, -0.25) is 0 Å². The molecule has 0 aromatic heterocycles. The van der Waals surface area contributed by atoms with Gasteiger partial charge in [0.25, 0.3) is 0 Å². The fourth-order valence-electron chi connectivity index (χ4n) is 5.43. The first kappa shape index (κ1) is 31.0. The van der Waals surface area contributed by atoms with Crippen LogP contribution < -0.4 is 39.9 Å². The van der Waals surface area contributed by atoms with E-state index in [1.807, 2.05) is 0 Å². The lowest BCUT2D eigenvalue weighted by atomic mass is 10.0. The summed E-state index contributed by atoms with van der Waals surface area (Å²) in [6.07, 6.45) is 21.0. The third-order valence-electron chi connectivity index (χ3n) is 7.44. The molecule has 0 amide bonds. The van der Waals surface area contributed by atoms with Gasteiger partial charge in [0.2, 0.25) is 0 Å². The van der Waals surface area contributed by atoms with Crippen LogP contribution in [0.2, 0.25) is 0 Å². The second kappa shape index (κ2) is 19.0. The van der Waals surface area contributed by atoms with Crippen molar-refractivity contribution < 1.29 is 24.0 Å². The van der Waals surface area contributed by atoms with Gasteiger partial charge < -0.3 is 24.0 Å². The number of hydrogen-bond acceptors (Lipinski definition) is 0. The van der Waals surface area contributed by atoms with E-state index in [0.717, 1.165) is 0 Å². The standard InChI is InChI=1S/C34H48P.HI/c1-2-3-4-5-6-7-8-9-10-11-12-13-14-24-31-35(32-25-18-15-19-26-32,33-27-20-16-21-28-33)34-29-22-17-23-30-34;/h15-23,25-30H,2-14,24,31H2,1H3;1H/q+1;/p-1. The van der Waals surface area contributed by atoms with Crippen LogP contribution in [-0.4, -0.2) is 6.16 Å². The molecule has 0 fully saturated rings. The van der Waals surface area contributed by atoms with E-state index >= 15 is 0 Å². The minimum Gasteiger partial charge on any atom is -1.00 e. The van der Waals surface area contributed by atoms with Crippen LogP contribution in [0.15, 0.2) is 91.0 Å². The maximum atomic E-state index is 2.37. The molecule has 0 atom stereocenters. The number of halogens is 1. The number of unbranched alkanes of at least 4 members (excludes halogenated alkanes) is 13. The number of hydrogen-bond donors (Lipinski definition) is 0. The first-order valence-electron chi connectivity index (χ1n) is 14.4. The normalized spacial score (nSPS) is 11.2. The van der Waals surface area contributed by atoms with Gasteiger partial charge in [0.15, 0.2) is 0 Å². The third kappa shape index (κ3) is 9.94. The van der Waals surface area contributed by atoms with E-state index in [4.69, 9.17) is 0 Å². The lowest BCUT2D eigenvalue weighted by molar-refractivity contribution is -0.00000718. The van der Waals surface area contributed by atoms with E-state index in [0.29, 0.717) is 0 Å². The van der Waals surface area contributed by atoms with Gasteiger partial charge >= 0.3 is 0 Å². The quantitative estimate of drug-likeness (QED) is 0.0877. The average molecular weight is 615 g/mol. The van der Waals surface area contributed by atoms with Gasteiger partial charge in [0.1, 0.15) is 23.2 Å². The van der Waals surface area contributed by atoms with Gasteiger partial charge in [-0.25, -0.2) is 0 Å². The molecule has 0 nitrogen and oxygen atoms in total. The Morgan fingerprint density at radius 3 is 0.972 bits per heavy atom. The van der Waals surface area contributed by atoms with Crippen LogP contribution in [0.4, 0.5) is 0 Å². The highest BCUT2D eigenvalue weighted by molar-refractivity contribution is 7.95. The summed E-state index contributed by atoms with van der Waals surface area (Å²) in [5.41, 5.74) is 0. The van der Waals surface area contributed by atoms with E-state index in [2.05, 4.69) is 97.9 Å². The summed E-state index contributed by atoms with van der Waals surface area (Å²) < 4.78 is 0. The highest BCUT2D eigenvalue weighted by Crippen LogP contribution is 2.56. The van der Waals surface area contributed by atoms with Crippen molar-refractivity contribution in [1.29, 1.82) is 0 Å². The van der Waals surface area contributed by atoms with Gasteiger partial charge in [0.05, 0.1) is 6.16 Å². The molecular formula is C34H48IP. The molecule has 0 aliphatic heterocycles. The lowest BCUT2D eigenvalue weighted by Gasteiger charge is -2.27. The molecule has 0 aliphatic rings. The van der Waals surface area contributed by atoms with Gasteiger partial charge in [0, 0.05) is 0 Å². The molecule has 0 unspecified atom stereocenters. The third-order valence-corrected chi connectivity index (χ3v) is 12.0. The summed E-state index contributed by atoms with van der Waals surface area (Å²) in [5, 5.41) is 4.56. The number of benzene rings is 3. The predicted octanol–water partition coefficient (Wildman–Crippen LogP) is 6.47. The van der Waals surface area contributed by atoms with Crippen molar-refractivity contribution in [3.8, 4) is 0 Å². The van der Waals surface area contributed by atoms with Crippen molar-refractivity contribution in [2.24, 2.45) is 0 Å². The van der Waals surface area contributed by atoms with E-state index < -0.39 is 7.26 Å². The van der Waals surface area contributed by atoms with Crippen LogP contribution in [-0.2, 0) is 0 Å². The van der Waals surface area contributed by atoms with E-state index in [9.17, 15) is 0 Å². The molecule has 0 saturated carbocycles. The van der Waals surface area contributed by atoms with Crippen molar-refractivity contribution in [3.05, 3.63) is 91.0 Å². The molecule has 36 heavy (non-hydrogen) atoms. The van der Waals surface area contributed by atoms with Crippen LogP contribution in [0.3, 0.4) is 0 Å². The summed E-state index contributed by atoms with van der Waals surface area (Å²) in [4.78, 5) is 0. The summed E-state index contributed by atoms with van der Waals surface area (Å²) in [6, 6.07) is 34.0. The zero-order valence-electron chi connectivity index (χ0n) is 22.6. The Hall–Kier alpha value is -1.18. The predicted molar refractivity (Wildman–Crippen MR) is 160 cm³/mol. The maximum absolute atomic E-state index is 2.37. The molecule has 0 radical (unpaired) electrons.